The van der Waals surface area contributed by atoms with Gasteiger partial charge in [-0.15, -0.1) is 0 Å². The van der Waals surface area contributed by atoms with E-state index >= 15 is 0 Å². The quantitative estimate of drug-likeness (QED) is 0.415. The molecule has 1 N–H and O–H groups in total. The van der Waals surface area contributed by atoms with E-state index in [0.717, 1.165) is 10.6 Å². The molecular weight excluding hydrogens is 553 g/mol. The Kier molecular flexibility index (Phi) is 10.7. The van der Waals surface area contributed by atoms with Crippen molar-refractivity contribution in [1.82, 2.24) is 10.2 Å². The molecular formula is C26H35Cl2N3O6S. The average Bonchev–Trinajstić information content (AvgIpc) is 2.82. The molecule has 2 rings (SSSR count). The standard InChI is InChI=1S/C26H35Cl2N3O6S/c1-8-21(25(33)29-26(2,3)4)30(15-17-9-11-19(27)20(28)13-17)24(32)16-31(38(7,34)35)22-14-18(36-5)10-12-23(22)37-6/h9-14,21H,8,15-16H2,1-7H3,(H,29,33). The molecule has 2 aromatic rings. The molecule has 0 aromatic heterocycles. The van der Waals surface area contributed by atoms with E-state index in [4.69, 9.17) is 32.7 Å². The number of hydrogen-bond donors (Lipinski definition) is 1. The van der Waals surface area contributed by atoms with E-state index in [1.807, 2.05) is 20.8 Å². The van der Waals surface area contributed by atoms with Crippen LogP contribution in [0.1, 0.15) is 39.7 Å². The lowest BCUT2D eigenvalue weighted by atomic mass is 10.1. The smallest absolute Gasteiger partial charge is 0.244 e. The van der Waals surface area contributed by atoms with Gasteiger partial charge >= 0.3 is 0 Å². The zero-order valence-corrected chi connectivity index (χ0v) is 25.0. The molecule has 0 bridgehead atoms. The number of rotatable bonds is 11. The van der Waals surface area contributed by atoms with Gasteiger partial charge in [0.15, 0.2) is 0 Å². The van der Waals surface area contributed by atoms with Crippen LogP contribution in [0.5, 0.6) is 11.5 Å². The molecule has 38 heavy (non-hydrogen) atoms. The summed E-state index contributed by atoms with van der Waals surface area (Å²) in [5, 5.41) is 3.55. The van der Waals surface area contributed by atoms with Gasteiger partial charge in [-0.3, -0.25) is 13.9 Å². The van der Waals surface area contributed by atoms with Gasteiger partial charge in [-0.1, -0.05) is 36.2 Å². The number of ether oxygens (including phenoxy) is 2. The van der Waals surface area contributed by atoms with E-state index in [9.17, 15) is 18.0 Å². The van der Waals surface area contributed by atoms with Crippen LogP contribution in [0.15, 0.2) is 36.4 Å². The number of benzene rings is 2. The lowest BCUT2D eigenvalue weighted by Crippen LogP contribution is -2.55. The van der Waals surface area contributed by atoms with Crippen molar-refractivity contribution in [3.63, 3.8) is 0 Å². The van der Waals surface area contributed by atoms with Crippen molar-refractivity contribution >= 4 is 50.7 Å². The second-order valence-electron chi connectivity index (χ2n) is 9.74. The Bertz CT molecular complexity index is 1260. The Balaban J connectivity index is 2.57. The number of nitrogens with one attached hydrogen (secondary N) is 1. The number of nitrogens with zero attached hydrogens (tertiary/aromatic N) is 2. The molecule has 2 aromatic carbocycles. The minimum Gasteiger partial charge on any atom is -0.497 e. The van der Waals surface area contributed by atoms with Gasteiger partial charge in [0.25, 0.3) is 0 Å². The van der Waals surface area contributed by atoms with Crippen molar-refractivity contribution in [2.45, 2.75) is 52.2 Å². The number of hydrogen-bond acceptors (Lipinski definition) is 6. The molecule has 210 valence electrons. The van der Waals surface area contributed by atoms with E-state index in [-0.39, 0.29) is 30.3 Å². The van der Waals surface area contributed by atoms with E-state index in [1.165, 1.54) is 25.2 Å². The van der Waals surface area contributed by atoms with Crippen molar-refractivity contribution < 1.29 is 27.5 Å². The minimum absolute atomic E-state index is 0.00135. The molecule has 0 saturated heterocycles. The van der Waals surface area contributed by atoms with Crippen LogP contribution >= 0.6 is 23.2 Å². The lowest BCUT2D eigenvalue weighted by molar-refractivity contribution is -0.141. The Morgan fingerprint density at radius 1 is 1.03 bits per heavy atom. The number of carbonyl (C=O) groups excluding carboxylic acids is 2. The molecule has 0 spiro atoms. The fourth-order valence-electron chi connectivity index (χ4n) is 3.79. The van der Waals surface area contributed by atoms with Crippen molar-refractivity contribution in [3.8, 4) is 11.5 Å². The van der Waals surface area contributed by atoms with Crippen LogP contribution in [0.4, 0.5) is 5.69 Å². The predicted molar refractivity (Wildman–Crippen MR) is 151 cm³/mol. The van der Waals surface area contributed by atoms with Gasteiger partial charge in [-0.05, 0) is 57.0 Å². The first-order valence-electron chi connectivity index (χ1n) is 11.9. The largest absolute Gasteiger partial charge is 0.497 e. The van der Waals surface area contributed by atoms with Crippen LogP contribution < -0.4 is 19.1 Å². The van der Waals surface area contributed by atoms with Crippen molar-refractivity contribution in [1.29, 1.82) is 0 Å². The first-order chi connectivity index (χ1) is 17.6. The summed E-state index contributed by atoms with van der Waals surface area (Å²) < 4.78 is 37.4. The highest BCUT2D eigenvalue weighted by Gasteiger charge is 2.34. The first kappa shape index (κ1) is 31.5. The van der Waals surface area contributed by atoms with Gasteiger partial charge in [0.1, 0.15) is 24.1 Å². The fourth-order valence-corrected chi connectivity index (χ4v) is 4.96. The normalized spacial score (nSPS) is 12.4. The molecule has 0 heterocycles. The van der Waals surface area contributed by atoms with Crippen LogP contribution in [-0.2, 0) is 26.2 Å². The fraction of sp³-hybridized carbons (Fsp3) is 0.462. The molecule has 1 unspecified atom stereocenters. The van der Waals surface area contributed by atoms with Crippen LogP contribution in [0.3, 0.4) is 0 Å². The molecule has 1 atom stereocenters. The third kappa shape index (κ3) is 8.41. The van der Waals surface area contributed by atoms with Crippen molar-refractivity contribution in [2.75, 3.05) is 31.3 Å². The summed E-state index contributed by atoms with van der Waals surface area (Å²) in [4.78, 5) is 28.5. The third-order valence-corrected chi connectivity index (χ3v) is 7.42. The number of methoxy groups -OCH3 is 2. The Hall–Kier alpha value is -2.69. The highest BCUT2D eigenvalue weighted by Crippen LogP contribution is 2.34. The Labute approximate surface area is 235 Å². The summed E-state index contributed by atoms with van der Waals surface area (Å²) in [7, 11) is -1.12. The highest BCUT2D eigenvalue weighted by atomic mass is 35.5. The predicted octanol–water partition coefficient (Wildman–Crippen LogP) is 4.50. The zero-order chi connectivity index (χ0) is 28.8. The van der Waals surface area contributed by atoms with Gasteiger partial charge in [-0.25, -0.2) is 8.42 Å². The van der Waals surface area contributed by atoms with Crippen LogP contribution in [0, 0.1) is 0 Å². The first-order valence-corrected chi connectivity index (χ1v) is 14.5. The summed E-state index contributed by atoms with van der Waals surface area (Å²) in [5.74, 6) is -0.344. The van der Waals surface area contributed by atoms with E-state index in [2.05, 4.69) is 5.32 Å². The summed E-state index contributed by atoms with van der Waals surface area (Å²) in [6.07, 6.45) is 1.28. The van der Waals surface area contributed by atoms with Gasteiger partial charge in [-0.2, -0.15) is 0 Å². The second-order valence-corrected chi connectivity index (χ2v) is 12.5. The molecule has 0 aliphatic heterocycles. The molecule has 0 saturated carbocycles. The lowest BCUT2D eigenvalue weighted by Gasteiger charge is -2.34. The number of sulfonamides is 1. The summed E-state index contributed by atoms with van der Waals surface area (Å²) in [6, 6.07) is 8.66. The topological polar surface area (TPSA) is 105 Å². The Morgan fingerprint density at radius 2 is 1.68 bits per heavy atom. The number of carbonyl (C=O) groups is 2. The van der Waals surface area contributed by atoms with Crippen molar-refractivity contribution in [3.05, 3.63) is 52.0 Å². The molecule has 12 heteroatoms. The van der Waals surface area contributed by atoms with Gasteiger partial charge in [0.05, 0.1) is 36.2 Å². The van der Waals surface area contributed by atoms with Crippen LogP contribution in [0.25, 0.3) is 0 Å². The molecule has 0 radical (unpaired) electrons. The van der Waals surface area contributed by atoms with Crippen LogP contribution in [-0.4, -0.2) is 63.7 Å². The van der Waals surface area contributed by atoms with Gasteiger partial charge in [0, 0.05) is 18.2 Å². The summed E-state index contributed by atoms with van der Waals surface area (Å²) in [6.45, 7) is 6.71. The maximum atomic E-state index is 13.9. The summed E-state index contributed by atoms with van der Waals surface area (Å²) in [5.41, 5.74) is 0.208. The minimum atomic E-state index is -3.96. The van der Waals surface area contributed by atoms with E-state index in [0.29, 0.717) is 21.4 Å². The number of halogens is 2. The molecule has 0 aliphatic carbocycles. The van der Waals surface area contributed by atoms with Gasteiger partial charge in [0.2, 0.25) is 21.8 Å². The van der Waals surface area contributed by atoms with Crippen molar-refractivity contribution in [2.24, 2.45) is 0 Å². The maximum Gasteiger partial charge on any atom is 0.244 e. The SMILES string of the molecule is CCC(C(=O)NC(C)(C)C)N(Cc1ccc(Cl)c(Cl)c1)C(=O)CN(c1cc(OC)ccc1OC)S(C)(=O)=O. The molecule has 0 aliphatic rings. The number of amides is 2. The van der Waals surface area contributed by atoms with Crippen LogP contribution in [0.2, 0.25) is 10.0 Å². The monoisotopic (exact) mass is 587 g/mol. The second kappa shape index (κ2) is 12.9. The Morgan fingerprint density at radius 3 is 2.18 bits per heavy atom. The van der Waals surface area contributed by atoms with E-state index in [1.54, 1.807) is 37.3 Å². The molecule has 9 nitrogen and oxygen atoms in total. The number of anilines is 1. The van der Waals surface area contributed by atoms with Gasteiger partial charge < -0.3 is 19.7 Å². The van der Waals surface area contributed by atoms with E-state index < -0.39 is 34.1 Å². The highest BCUT2D eigenvalue weighted by molar-refractivity contribution is 7.92. The summed E-state index contributed by atoms with van der Waals surface area (Å²) >= 11 is 12.3. The average molecular weight is 589 g/mol. The maximum absolute atomic E-state index is 13.9. The molecule has 0 fully saturated rings. The third-order valence-electron chi connectivity index (χ3n) is 5.55. The zero-order valence-electron chi connectivity index (χ0n) is 22.7. The molecule has 2 amide bonds.